The Bertz CT molecular complexity index is 615. The number of carboxylic acids is 1. The molecular formula is C11H9NO3S2. The molecule has 0 radical (unpaired) electrons. The van der Waals surface area contributed by atoms with Gasteiger partial charge in [0.25, 0.3) is 0 Å². The third-order valence-corrected chi connectivity index (χ3v) is 3.46. The molecule has 4 nitrogen and oxygen atoms in total. The van der Waals surface area contributed by atoms with Crippen LogP contribution < -0.4 is 0 Å². The first kappa shape index (κ1) is 11.8. The quantitative estimate of drug-likeness (QED) is 0.748. The lowest BCUT2D eigenvalue weighted by Crippen LogP contribution is -1.97. The van der Waals surface area contributed by atoms with Gasteiger partial charge in [0.2, 0.25) is 5.88 Å². The summed E-state index contributed by atoms with van der Waals surface area (Å²) in [4.78, 5) is 14.2. The van der Waals surface area contributed by atoms with Gasteiger partial charge in [-0.1, -0.05) is 12.1 Å². The normalized spacial score (nSPS) is 10.4. The molecule has 0 bridgehead atoms. The minimum absolute atomic E-state index is 0.0562. The molecule has 0 atom stereocenters. The molecule has 17 heavy (non-hydrogen) atoms. The van der Waals surface area contributed by atoms with Crippen LogP contribution in [0.5, 0.6) is 5.88 Å². The van der Waals surface area contributed by atoms with Crippen molar-refractivity contribution >= 4 is 29.5 Å². The first-order valence-electron chi connectivity index (χ1n) is 4.79. The Morgan fingerprint density at radius 3 is 2.82 bits per heavy atom. The highest BCUT2D eigenvalue weighted by Gasteiger charge is 2.08. The molecule has 0 aliphatic rings. The molecule has 0 amide bonds. The van der Waals surface area contributed by atoms with Crippen molar-refractivity contribution in [1.29, 1.82) is 0 Å². The predicted molar refractivity (Wildman–Crippen MR) is 67.4 cm³/mol. The lowest BCUT2D eigenvalue weighted by molar-refractivity contribution is 0.0697. The SMILES string of the molecule is O=C(O)c1cccc(Cc2sc(=S)[nH]c2O)c1. The second-order valence-electron chi connectivity index (χ2n) is 3.47. The molecule has 0 saturated carbocycles. The van der Waals surface area contributed by atoms with Crippen molar-refractivity contribution in [3.8, 4) is 5.88 Å². The second kappa shape index (κ2) is 4.68. The predicted octanol–water partition coefficient (Wildman–Crippen LogP) is 2.80. The van der Waals surface area contributed by atoms with E-state index in [0.717, 1.165) is 5.56 Å². The van der Waals surface area contributed by atoms with Gasteiger partial charge in [-0.25, -0.2) is 4.79 Å². The highest BCUT2D eigenvalue weighted by atomic mass is 32.1. The van der Waals surface area contributed by atoms with E-state index >= 15 is 0 Å². The fourth-order valence-electron chi connectivity index (χ4n) is 1.47. The molecule has 0 spiro atoms. The molecule has 0 aliphatic heterocycles. The van der Waals surface area contributed by atoms with Gasteiger partial charge in [0.15, 0.2) is 3.95 Å². The van der Waals surface area contributed by atoms with Crippen molar-refractivity contribution in [2.24, 2.45) is 0 Å². The van der Waals surface area contributed by atoms with Crippen LogP contribution >= 0.6 is 23.6 Å². The van der Waals surface area contributed by atoms with Crippen molar-refractivity contribution in [3.05, 3.63) is 44.2 Å². The van der Waals surface area contributed by atoms with Crippen LogP contribution in [0.15, 0.2) is 24.3 Å². The number of aromatic carboxylic acids is 1. The summed E-state index contributed by atoms with van der Waals surface area (Å²) in [7, 11) is 0. The molecule has 6 heteroatoms. The number of nitrogens with one attached hydrogen (secondary N) is 1. The van der Waals surface area contributed by atoms with Crippen molar-refractivity contribution in [3.63, 3.8) is 0 Å². The zero-order valence-corrected chi connectivity index (χ0v) is 10.3. The van der Waals surface area contributed by atoms with E-state index in [0.29, 0.717) is 15.3 Å². The first-order chi connectivity index (χ1) is 8.06. The summed E-state index contributed by atoms with van der Waals surface area (Å²) in [5, 5.41) is 18.4. The van der Waals surface area contributed by atoms with Gasteiger partial charge in [-0.15, -0.1) is 11.3 Å². The third kappa shape index (κ3) is 2.72. The molecule has 0 unspecified atom stereocenters. The first-order valence-corrected chi connectivity index (χ1v) is 6.02. The second-order valence-corrected chi connectivity index (χ2v) is 5.24. The number of hydrogen-bond donors (Lipinski definition) is 3. The fraction of sp³-hybridized carbons (Fsp3) is 0.0909. The smallest absolute Gasteiger partial charge is 0.335 e. The van der Waals surface area contributed by atoms with Crippen LogP contribution in [0.2, 0.25) is 0 Å². The number of benzene rings is 1. The highest BCUT2D eigenvalue weighted by Crippen LogP contribution is 2.24. The van der Waals surface area contributed by atoms with Crippen LogP contribution in [-0.4, -0.2) is 21.2 Å². The van der Waals surface area contributed by atoms with E-state index in [1.165, 1.54) is 17.4 Å². The topological polar surface area (TPSA) is 73.3 Å². The van der Waals surface area contributed by atoms with Gasteiger partial charge < -0.3 is 15.2 Å². The summed E-state index contributed by atoms with van der Waals surface area (Å²) in [5.74, 6) is -0.904. The van der Waals surface area contributed by atoms with Gasteiger partial charge in [-0.05, 0) is 29.9 Å². The van der Waals surface area contributed by atoms with Crippen LogP contribution in [0, 0.1) is 3.95 Å². The number of carboxylic acid groups (broad SMARTS) is 1. The van der Waals surface area contributed by atoms with Crippen molar-refractivity contribution < 1.29 is 15.0 Å². The van der Waals surface area contributed by atoms with E-state index in [-0.39, 0.29) is 11.4 Å². The van der Waals surface area contributed by atoms with Gasteiger partial charge in [0.1, 0.15) is 0 Å². The van der Waals surface area contributed by atoms with Gasteiger partial charge in [0, 0.05) is 6.42 Å². The van der Waals surface area contributed by atoms with Gasteiger partial charge >= 0.3 is 5.97 Å². The summed E-state index contributed by atoms with van der Waals surface area (Å²) >= 11 is 6.20. The van der Waals surface area contributed by atoms with E-state index < -0.39 is 5.97 Å². The van der Waals surface area contributed by atoms with E-state index in [2.05, 4.69) is 4.98 Å². The van der Waals surface area contributed by atoms with E-state index in [9.17, 15) is 9.90 Å². The molecular weight excluding hydrogens is 258 g/mol. The fourth-order valence-corrected chi connectivity index (χ4v) is 2.63. The number of aromatic amines is 1. The van der Waals surface area contributed by atoms with Crippen LogP contribution in [0.1, 0.15) is 20.8 Å². The molecule has 1 aromatic carbocycles. The Kier molecular flexibility index (Phi) is 3.26. The summed E-state index contributed by atoms with van der Waals surface area (Å²) in [5.41, 5.74) is 1.06. The number of thiazole rings is 1. The minimum atomic E-state index is -0.960. The van der Waals surface area contributed by atoms with E-state index in [1.807, 2.05) is 6.07 Å². The standard InChI is InChI=1S/C11H9NO3S2/c13-9-8(17-11(16)12-9)5-6-2-1-3-7(4-6)10(14)15/h1-4,13H,5H2,(H,12,16)(H,14,15). The lowest BCUT2D eigenvalue weighted by Gasteiger charge is -2.01. The molecule has 3 N–H and O–H groups in total. The average molecular weight is 267 g/mol. The molecule has 0 saturated heterocycles. The Labute approximate surface area is 106 Å². The van der Waals surface area contributed by atoms with E-state index in [1.54, 1.807) is 12.1 Å². The zero-order valence-electron chi connectivity index (χ0n) is 8.64. The largest absolute Gasteiger partial charge is 0.494 e. The van der Waals surface area contributed by atoms with Gasteiger partial charge in [0.05, 0.1) is 10.4 Å². The summed E-state index contributed by atoms with van der Waals surface area (Å²) < 4.78 is 0.506. The van der Waals surface area contributed by atoms with Crippen LogP contribution in [-0.2, 0) is 6.42 Å². The highest BCUT2D eigenvalue weighted by molar-refractivity contribution is 7.73. The van der Waals surface area contributed by atoms with Gasteiger partial charge in [-0.2, -0.15) is 0 Å². The molecule has 1 heterocycles. The van der Waals surface area contributed by atoms with Crippen LogP contribution in [0.4, 0.5) is 0 Å². The third-order valence-electron chi connectivity index (χ3n) is 2.24. The monoisotopic (exact) mass is 267 g/mol. The summed E-state index contributed by atoms with van der Waals surface area (Å²) in [6.45, 7) is 0. The maximum Gasteiger partial charge on any atom is 0.335 e. The summed E-state index contributed by atoms with van der Waals surface area (Å²) in [6, 6.07) is 6.62. The Balaban J connectivity index is 2.30. The number of aromatic nitrogens is 1. The van der Waals surface area contributed by atoms with Crippen molar-refractivity contribution in [1.82, 2.24) is 4.98 Å². The molecule has 88 valence electrons. The van der Waals surface area contributed by atoms with E-state index in [4.69, 9.17) is 17.3 Å². The Hall–Kier alpha value is -1.66. The number of carbonyl (C=O) groups is 1. The van der Waals surface area contributed by atoms with Crippen molar-refractivity contribution in [2.75, 3.05) is 0 Å². The zero-order chi connectivity index (χ0) is 12.4. The van der Waals surface area contributed by atoms with Crippen molar-refractivity contribution in [2.45, 2.75) is 6.42 Å². The maximum atomic E-state index is 10.8. The molecule has 2 aromatic rings. The molecule has 0 aliphatic carbocycles. The van der Waals surface area contributed by atoms with Crippen LogP contribution in [0.25, 0.3) is 0 Å². The average Bonchev–Trinajstić information content (AvgIpc) is 2.58. The number of hydrogen-bond acceptors (Lipinski definition) is 4. The lowest BCUT2D eigenvalue weighted by atomic mass is 10.1. The minimum Gasteiger partial charge on any atom is -0.494 e. The molecule has 0 fully saturated rings. The number of rotatable bonds is 3. The molecule has 2 rings (SSSR count). The Morgan fingerprint density at radius 2 is 2.24 bits per heavy atom. The number of H-pyrrole nitrogens is 1. The van der Waals surface area contributed by atoms with Gasteiger partial charge in [-0.3, -0.25) is 0 Å². The van der Waals surface area contributed by atoms with Crippen LogP contribution in [0.3, 0.4) is 0 Å². The number of aromatic hydroxyl groups is 1. The molecule has 1 aromatic heterocycles. The maximum absolute atomic E-state index is 10.8. The Morgan fingerprint density at radius 1 is 1.47 bits per heavy atom. The summed E-state index contributed by atoms with van der Waals surface area (Å²) in [6.07, 6.45) is 0.463.